The summed E-state index contributed by atoms with van der Waals surface area (Å²) in [4.78, 5) is 11.9. The van der Waals surface area contributed by atoms with Gasteiger partial charge in [0.15, 0.2) is 0 Å². The molecule has 178 valence electrons. The van der Waals surface area contributed by atoms with Crippen LogP contribution in [0.4, 0.5) is 0 Å². The zero-order valence-corrected chi connectivity index (χ0v) is 20.1. The molecule has 2 aliphatic carbocycles. The number of aryl methyl sites for hydroxylation is 1. The molecule has 0 saturated heterocycles. The SMILES string of the molecule is N[C@@H]1CCCC[C@H]1N(Cc1ccc(CNCc2ccccn2)cc1)C1CCCc2cccnc21. The van der Waals surface area contributed by atoms with E-state index in [1.165, 1.54) is 54.5 Å². The Balaban J connectivity index is 1.30. The molecule has 34 heavy (non-hydrogen) atoms. The van der Waals surface area contributed by atoms with Crippen molar-refractivity contribution in [1.82, 2.24) is 20.2 Å². The normalized spacial score (nSPS) is 22.5. The van der Waals surface area contributed by atoms with Crippen LogP contribution in [-0.4, -0.2) is 27.0 Å². The number of aromatic nitrogens is 2. The fraction of sp³-hybridized carbons (Fsp3) is 0.448. The van der Waals surface area contributed by atoms with Crippen molar-refractivity contribution < 1.29 is 0 Å². The van der Waals surface area contributed by atoms with Gasteiger partial charge in [0.25, 0.3) is 0 Å². The van der Waals surface area contributed by atoms with Crippen LogP contribution in [0.15, 0.2) is 67.0 Å². The van der Waals surface area contributed by atoms with Gasteiger partial charge in [0.1, 0.15) is 0 Å². The van der Waals surface area contributed by atoms with Crippen LogP contribution >= 0.6 is 0 Å². The molecule has 3 aromatic rings. The number of nitrogens with zero attached hydrogens (tertiary/aromatic N) is 3. The summed E-state index contributed by atoms with van der Waals surface area (Å²) in [5.41, 5.74) is 13.1. The molecule has 1 unspecified atom stereocenters. The lowest BCUT2D eigenvalue weighted by molar-refractivity contribution is 0.0693. The number of fused-ring (bicyclic) bond motifs is 1. The topological polar surface area (TPSA) is 67.1 Å². The van der Waals surface area contributed by atoms with Crippen LogP contribution in [0.5, 0.6) is 0 Å². The number of nitrogens with two attached hydrogens (primary N) is 1. The Hall–Kier alpha value is -2.60. The maximum absolute atomic E-state index is 6.71. The lowest BCUT2D eigenvalue weighted by Gasteiger charge is -2.44. The molecule has 0 amide bonds. The highest BCUT2D eigenvalue weighted by Gasteiger charge is 2.35. The number of hydrogen-bond acceptors (Lipinski definition) is 5. The van der Waals surface area contributed by atoms with Crippen molar-refractivity contribution in [3.63, 3.8) is 0 Å². The standard InChI is InChI=1S/C29H37N5/c30-26-10-1-2-11-27(26)34(28-12-5-7-24-8-6-18-33-29(24)28)21-23-15-13-22(14-16-23)19-31-20-25-9-3-4-17-32-25/h3-4,6,8-9,13-18,26-28,31H,1-2,5,7,10-12,19-21,30H2/t26-,27-,28?/m1/s1. The lowest BCUT2D eigenvalue weighted by atomic mass is 9.85. The Morgan fingerprint density at radius 2 is 1.65 bits per heavy atom. The predicted molar refractivity (Wildman–Crippen MR) is 137 cm³/mol. The number of nitrogens with one attached hydrogen (secondary N) is 1. The van der Waals surface area contributed by atoms with Crippen molar-refractivity contribution in [1.29, 1.82) is 0 Å². The predicted octanol–water partition coefficient (Wildman–Crippen LogP) is 4.92. The molecule has 0 spiro atoms. The minimum atomic E-state index is 0.248. The van der Waals surface area contributed by atoms with Gasteiger partial charge in [-0.15, -0.1) is 0 Å². The largest absolute Gasteiger partial charge is 0.326 e. The number of benzene rings is 1. The molecule has 2 aliphatic rings. The van der Waals surface area contributed by atoms with E-state index in [1.807, 2.05) is 24.5 Å². The van der Waals surface area contributed by atoms with Gasteiger partial charge in [-0.05, 0) is 67.0 Å². The summed E-state index contributed by atoms with van der Waals surface area (Å²) in [5, 5.41) is 3.50. The smallest absolute Gasteiger partial charge is 0.0607 e. The maximum Gasteiger partial charge on any atom is 0.0607 e. The Morgan fingerprint density at radius 3 is 2.47 bits per heavy atom. The number of rotatable bonds is 8. The highest BCUT2D eigenvalue weighted by Crippen LogP contribution is 2.38. The van der Waals surface area contributed by atoms with Crippen molar-refractivity contribution in [3.05, 3.63) is 95.1 Å². The van der Waals surface area contributed by atoms with Gasteiger partial charge in [-0.2, -0.15) is 0 Å². The average Bonchev–Trinajstić information content (AvgIpc) is 2.89. The summed E-state index contributed by atoms with van der Waals surface area (Å²) in [6, 6.07) is 20.5. The van der Waals surface area contributed by atoms with Crippen LogP contribution in [0.2, 0.25) is 0 Å². The highest BCUT2D eigenvalue weighted by molar-refractivity contribution is 5.27. The second-order valence-electron chi connectivity index (χ2n) is 9.88. The summed E-state index contributed by atoms with van der Waals surface area (Å²) >= 11 is 0. The highest BCUT2D eigenvalue weighted by atomic mass is 15.2. The van der Waals surface area contributed by atoms with Crippen LogP contribution in [0, 0.1) is 0 Å². The van der Waals surface area contributed by atoms with Crippen LogP contribution in [-0.2, 0) is 26.1 Å². The fourth-order valence-electron chi connectivity index (χ4n) is 5.73. The van der Waals surface area contributed by atoms with Gasteiger partial charge in [-0.3, -0.25) is 14.9 Å². The third-order valence-electron chi connectivity index (χ3n) is 7.52. The van der Waals surface area contributed by atoms with Gasteiger partial charge in [-0.1, -0.05) is 49.2 Å². The van der Waals surface area contributed by atoms with Crippen LogP contribution in [0.1, 0.15) is 72.6 Å². The maximum atomic E-state index is 6.71. The molecule has 1 saturated carbocycles. The van der Waals surface area contributed by atoms with E-state index in [1.54, 1.807) is 0 Å². The first kappa shape index (κ1) is 23.2. The third kappa shape index (κ3) is 5.54. The first-order valence-electron chi connectivity index (χ1n) is 12.9. The zero-order valence-electron chi connectivity index (χ0n) is 20.1. The van der Waals surface area contributed by atoms with Crippen LogP contribution in [0.25, 0.3) is 0 Å². The Morgan fingerprint density at radius 1 is 0.824 bits per heavy atom. The van der Waals surface area contributed by atoms with Gasteiger partial charge >= 0.3 is 0 Å². The van der Waals surface area contributed by atoms with Crippen molar-refractivity contribution in [2.75, 3.05) is 0 Å². The summed E-state index contributed by atoms with van der Waals surface area (Å²) in [6.45, 7) is 2.55. The Kier molecular flexibility index (Phi) is 7.64. The number of hydrogen-bond donors (Lipinski definition) is 2. The minimum Gasteiger partial charge on any atom is -0.326 e. The summed E-state index contributed by atoms with van der Waals surface area (Å²) in [7, 11) is 0. The summed E-state index contributed by atoms with van der Waals surface area (Å²) < 4.78 is 0. The van der Waals surface area contributed by atoms with Crippen LogP contribution < -0.4 is 11.1 Å². The van der Waals surface area contributed by atoms with E-state index < -0.39 is 0 Å². The van der Waals surface area contributed by atoms with Crippen molar-refractivity contribution in [3.8, 4) is 0 Å². The number of pyridine rings is 2. The molecule has 1 fully saturated rings. The van der Waals surface area contributed by atoms with Crippen molar-refractivity contribution in [2.45, 2.75) is 82.7 Å². The van der Waals surface area contributed by atoms with Gasteiger partial charge in [0.05, 0.1) is 17.4 Å². The van der Waals surface area contributed by atoms with E-state index in [4.69, 9.17) is 10.7 Å². The van der Waals surface area contributed by atoms with Crippen molar-refractivity contribution in [2.24, 2.45) is 5.73 Å². The summed E-state index contributed by atoms with van der Waals surface area (Å²) in [5.74, 6) is 0. The van der Waals surface area contributed by atoms with Gasteiger partial charge in [0.2, 0.25) is 0 Å². The second kappa shape index (κ2) is 11.2. The summed E-state index contributed by atoms with van der Waals surface area (Å²) in [6.07, 6.45) is 12.2. The first-order chi connectivity index (χ1) is 16.8. The molecule has 2 heterocycles. The van der Waals surface area contributed by atoms with Crippen LogP contribution in [0.3, 0.4) is 0 Å². The first-order valence-corrected chi connectivity index (χ1v) is 12.9. The van der Waals surface area contributed by atoms with Gasteiger partial charge in [-0.25, -0.2) is 0 Å². The molecule has 0 bridgehead atoms. The Labute approximate surface area is 203 Å². The molecular weight excluding hydrogens is 418 g/mol. The fourth-order valence-corrected chi connectivity index (χ4v) is 5.73. The monoisotopic (exact) mass is 455 g/mol. The van der Waals surface area contributed by atoms with E-state index in [0.717, 1.165) is 38.2 Å². The van der Waals surface area contributed by atoms with E-state index in [2.05, 4.69) is 57.7 Å². The zero-order chi connectivity index (χ0) is 23.2. The molecule has 2 aromatic heterocycles. The molecule has 5 rings (SSSR count). The molecule has 5 nitrogen and oxygen atoms in total. The minimum absolute atomic E-state index is 0.248. The molecule has 1 aromatic carbocycles. The average molecular weight is 456 g/mol. The molecule has 5 heteroatoms. The third-order valence-corrected chi connectivity index (χ3v) is 7.52. The Bertz CT molecular complexity index is 1040. The van der Waals surface area contributed by atoms with Crippen molar-refractivity contribution >= 4 is 0 Å². The van der Waals surface area contributed by atoms with Gasteiger partial charge in [0, 0.05) is 44.1 Å². The van der Waals surface area contributed by atoms with E-state index >= 15 is 0 Å². The van der Waals surface area contributed by atoms with Gasteiger partial charge < -0.3 is 11.1 Å². The lowest BCUT2D eigenvalue weighted by Crippen LogP contribution is -2.51. The molecule has 3 N–H and O–H groups in total. The quantitative estimate of drug-likeness (QED) is 0.505. The molecule has 0 aliphatic heterocycles. The van der Waals surface area contributed by atoms with E-state index in [-0.39, 0.29) is 6.04 Å². The molecule has 3 atom stereocenters. The molecular formula is C29H37N5. The molecule has 0 radical (unpaired) electrons. The van der Waals surface area contributed by atoms with E-state index in [9.17, 15) is 0 Å². The second-order valence-corrected chi connectivity index (χ2v) is 9.88. The van der Waals surface area contributed by atoms with E-state index in [0.29, 0.717) is 12.1 Å².